The number of ether oxygens (including phenoxy) is 2. The number of allylic oxidation sites excluding steroid dienone is 2. The van der Waals surface area contributed by atoms with Crippen LogP contribution in [0.5, 0.6) is 0 Å². The van der Waals surface area contributed by atoms with E-state index in [0.29, 0.717) is 24.1 Å². The fourth-order valence-corrected chi connectivity index (χ4v) is 7.03. The van der Waals surface area contributed by atoms with Gasteiger partial charge in [0.05, 0.1) is 34.4 Å². The SMILES string of the molecule is CCCCCCCCCCCCCCC/C=C\CCCCCOC[C@H](COP(=O)([O-])C(CCC)[N+](C)(C)C)OC. The highest BCUT2D eigenvalue weighted by Crippen LogP contribution is 2.48. The predicted molar refractivity (Wildman–Crippen MR) is 170 cm³/mol. The molecular weight excluding hydrogens is 521 g/mol. The van der Waals surface area contributed by atoms with Crippen molar-refractivity contribution in [3.63, 3.8) is 0 Å². The summed E-state index contributed by atoms with van der Waals surface area (Å²) in [4.78, 5) is 12.7. The third-order valence-electron chi connectivity index (χ3n) is 7.68. The van der Waals surface area contributed by atoms with E-state index in [2.05, 4.69) is 19.1 Å². The highest BCUT2D eigenvalue weighted by Gasteiger charge is 2.35. The molecule has 0 spiro atoms. The largest absolute Gasteiger partial charge is 0.774 e. The average molecular weight is 590 g/mol. The van der Waals surface area contributed by atoms with E-state index in [1.807, 2.05) is 28.1 Å². The van der Waals surface area contributed by atoms with Crippen LogP contribution in [0.2, 0.25) is 0 Å². The van der Waals surface area contributed by atoms with E-state index in [-0.39, 0.29) is 12.7 Å². The fourth-order valence-electron chi connectivity index (χ4n) is 5.06. The van der Waals surface area contributed by atoms with E-state index in [4.69, 9.17) is 14.0 Å². The van der Waals surface area contributed by atoms with E-state index < -0.39 is 13.4 Å². The van der Waals surface area contributed by atoms with Crippen LogP contribution >= 0.6 is 7.60 Å². The van der Waals surface area contributed by atoms with E-state index in [0.717, 1.165) is 25.7 Å². The van der Waals surface area contributed by atoms with Crippen LogP contribution in [0.4, 0.5) is 0 Å². The average Bonchev–Trinajstić information content (AvgIpc) is 2.91. The maximum atomic E-state index is 12.7. The van der Waals surface area contributed by atoms with Gasteiger partial charge in [-0.1, -0.05) is 109 Å². The molecule has 0 amide bonds. The smallest absolute Gasteiger partial charge is 0.193 e. The molecular formula is C33H68NO5P. The number of hydrogen-bond donors (Lipinski definition) is 0. The molecule has 0 N–H and O–H groups in total. The third-order valence-corrected chi connectivity index (χ3v) is 9.87. The minimum Gasteiger partial charge on any atom is -0.774 e. The lowest BCUT2D eigenvalue weighted by Crippen LogP contribution is -2.47. The van der Waals surface area contributed by atoms with Gasteiger partial charge in [-0.2, -0.15) is 0 Å². The molecule has 0 saturated heterocycles. The first kappa shape index (κ1) is 39.8. The van der Waals surface area contributed by atoms with E-state index >= 15 is 0 Å². The molecule has 0 aliphatic rings. The van der Waals surface area contributed by atoms with Crippen molar-refractivity contribution in [2.75, 3.05) is 48.1 Å². The van der Waals surface area contributed by atoms with Gasteiger partial charge in [0, 0.05) is 20.1 Å². The number of quaternary nitrogens is 1. The first-order valence-electron chi connectivity index (χ1n) is 16.7. The van der Waals surface area contributed by atoms with Gasteiger partial charge in [-0.15, -0.1) is 0 Å². The van der Waals surface area contributed by atoms with Gasteiger partial charge in [-0.05, 0) is 38.5 Å². The molecule has 40 heavy (non-hydrogen) atoms. The lowest BCUT2D eigenvalue weighted by atomic mass is 10.0. The van der Waals surface area contributed by atoms with Crippen molar-refractivity contribution >= 4 is 7.60 Å². The lowest BCUT2D eigenvalue weighted by Gasteiger charge is -2.41. The van der Waals surface area contributed by atoms with Crippen molar-refractivity contribution in [1.29, 1.82) is 0 Å². The number of hydrogen-bond acceptors (Lipinski definition) is 5. The minimum atomic E-state index is -4.01. The standard InChI is InChI=1S/C33H68NO5P/c1-7-9-10-11-12-13-14-15-16-17-18-19-20-21-22-23-24-25-26-27-29-38-30-32(37-6)31-39-40(35,36)33(28-8-2)34(3,4)5/h22-23,32-33H,7-21,24-31H2,1-6H3/b23-22-/t32-,33?/m1/s1. The summed E-state index contributed by atoms with van der Waals surface area (Å²) in [7, 11) is 3.23. The van der Waals surface area contributed by atoms with Crippen LogP contribution in [0.15, 0.2) is 12.2 Å². The van der Waals surface area contributed by atoms with Crippen molar-refractivity contribution < 1.29 is 27.9 Å². The molecule has 0 radical (unpaired) electrons. The Bertz CT molecular complexity index is 622. The zero-order chi connectivity index (χ0) is 30.0. The van der Waals surface area contributed by atoms with E-state index in [9.17, 15) is 9.46 Å². The van der Waals surface area contributed by atoms with Crippen molar-refractivity contribution in [2.45, 2.75) is 154 Å². The molecule has 0 saturated carbocycles. The molecule has 7 heteroatoms. The minimum absolute atomic E-state index is 0.00153. The molecule has 240 valence electrons. The predicted octanol–water partition coefficient (Wildman–Crippen LogP) is 9.02. The molecule has 0 heterocycles. The normalized spacial score (nSPS) is 15.5. The van der Waals surface area contributed by atoms with Gasteiger partial charge in [-0.3, -0.25) is 0 Å². The van der Waals surface area contributed by atoms with Crippen LogP contribution in [0.1, 0.15) is 142 Å². The Hall–Kier alpha value is -0.230. The van der Waals surface area contributed by atoms with Gasteiger partial charge in [-0.25, -0.2) is 0 Å². The molecule has 0 bridgehead atoms. The maximum Gasteiger partial charge on any atom is 0.193 e. The molecule has 3 atom stereocenters. The van der Waals surface area contributed by atoms with E-state index in [1.165, 1.54) is 96.3 Å². The molecule has 0 aromatic carbocycles. The quantitative estimate of drug-likeness (QED) is 0.0362. The van der Waals surface area contributed by atoms with Crippen LogP contribution < -0.4 is 4.89 Å². The Balaban J connectivity index is 3.65. The van der Waals surface area contributed by atoms with Crippen LogP contribution in [-0.2, 0) is 18.6 Å². The van der Waals surface area contributed by atoms with Crippen LogP contribution in [0.3, 0.4) is 0 Å². The van der Waals surface area contributed by atoms with Gasteiger partial charge < -0.3 is 27.9 Å². The molecule has 0 aromatic rings. The monoisotopic (exact) mass is 589 g/mol. The van der Waals surface area contributed by atoms with E-state index in [1.54, 1.807) is 7.11 Å². The molecule has 6 nitrogen and oxygen atoms in total. The zero-order valence-electron chi connectivity index (χ0n) is 27.5. The molecule has 2 unspecified atom stereocenters. The second kappa shape index (κ2) is 26.4. The van der Waals surface area contributed by atoms with Crippen LogP contribution in [0, 0.1) is 0 Å². The van der Waals surface area contributed by atoms with Crippen LogP contribution in [0.25, 0.3) is 0 Å². The summed E-state index contributed by atoms with van der Waals surface area (Å²) in [6, 6.07) is 0. The Kier molecular flexibility index (Phi) is 26.2. The second-order valence-corrected chi connectivity index (χ2v) is 14.4. The second-order valence-electron chi connectivity index (χ2n) is 12.5. The van der Waals surface area contributed by atoms with Gasteiger partial charge >= 0.3 is 0 Å². The Labute approximate surface area is 249 Å². The topological polar surface area (TPSA) is 67.8 Å². The summed E-state index contributed by atoms with van der Waals surface area (Å²) in [6.45, 7) is 5.28. The maximum absolute atomic E-state index is 12.7. The fraction of sp³-hybridized carbons (Fsp3) is 0.939. The highest BCUT2D eigenvalue weighted by atomic mass is 31.2. The summed E-state index contributed by atoms with van der Waals surface area (Å²) in [5.74, 6) is -0.556. The van der Waals surface area contributed by atoms with Crippen molar-refractivity contribution in [1.82, 2.24) is 0 Å². The summed E-state index contributed by atoms with van der Waals surface area (Å²) in [6.07, 6.45) is 29.7. The van der Waals surface area contributed by atoms with Gasteiger partial charge in [0.25, 0.3) is 0 Å². The number of unbranched alkanes of at least 4 members (excludes halogenated alkanes) is 16. The Morgan fingerprint density at radius 3 is 1.62 bits per heavy atom. The van der Waals surface area contributed by atoms with Gasteiger partial charge in [0.2, 0.25) is 0 Å². The first-order chi connectivity index (χ1) is 19.2. The van der Waals surface area contributed by atoms with Crippen molar-refractivity contribution in [2.24, 2.45) is 0 Å². The molecule has 0 aromatic heterocycles. The van der Waals surface area contributed by atoms with Crippen molar-refractivity contribution in [3.8, 4) is 0 Å². The Morgan fingerprint density at radius 1 is 0.700 bits per heavy atom. The van der Waals surface area contributed by atoms with Crippen LogP contribution in [-0.4, -0.2) is 64.4 Å². The molecule has 0 rings (SSSR count). The summed E-state index contributed by atoms with van der Waals surface area (Å²) in [5, 5.41) is 0. The van der Waals surface area contributed by atoms with Gasteiger partial charge in [0.15, 0.2) is 13.4 Å². The summed E-state index contributed by atoms with van der Waals surface area (Å²) < 4.78 is 29.6. The Morgan fingerprint density at radius 2 is 1.18 bits per heavy atom. The first-order valence-corrected chi connectivity index (χ1v) is 18.3. The molecule has 0 fully saturated rings. The zero-order valence-corrected chi connectivity index (χ0v) is 28.4. The lowest BCUT2D eigenvalue weighted by molar-refractivity contribution is -0.884. The summed E-state index contributed by atoms with van der Waals surface area (Å²) in [5.41, 5.74) is 0. The van der Waals surface area contributed by atoms with Gasteiger partial charge in [0.1, 0.15) is 6.10 Å². The number of nitrogens with zero attached hydrogens (tertiary/aromatic N) is 1. The summed E-state index contributed by atoms with van der Waals surface area (Å²) >= 11 is 0. The van der Waals surface area contributed by atoms with Crippen molar-refractivity contribution in [3.05, 3.63) is 12.2 Å². The number of methoxy groups -OCH3 is 1. The molecule has 0 aliphatic carbocycles. The molecule has 0 aliphatic heterocycles. The number of rotatable bonds is 30. The third kappa shape index (κ3) is 23.3. The highest BCUT2D eigenvalue weighted by molar-refractivity contribution is 7.51.